The van der Waals surface area contributed by atoms with Crippen molar-refractivity contribution in [2.75, 3.05) is 0 Å². The summed E-state index contributed by atoms with van der Waals surface area (Å²) >= 11 is 0. The maximum absolute atomic E-state index is 3.56. The van der Waals surface area contributed by atoms with Gasteiger partial charge >= 0.3 is 21.1 Å². The predicted octanol–water partition coefficient (Wildman–Crippen LogP) is 2.30. The van der Waals surface area contributed by atoms with Crippen LogP contribution in [0.5, 0.6) is 0 Å². The zero-order valence-corrected chi connectivity index (χ0v) is 9.78. The largest absolute Gasteiger partial charge is 2.00 e. The van der Waals surface area contributed by atoms with Crippen LogP contribution < -0.4 is 0 Å². The van der Waals surface area contributed by atoms with Crippen molar-refractivity contribution in [2.24, 2.45) is 0 Å². The molecule has 9 heavy (non-hydrogen) atoms. The van der Waals surface area contributed by atoms with Crippen LogP contribution in [0.15, 0.2) is 0 Å². The molecule has 0 amide bonds. The molecule has 0 aliphatic rings. The van der Waals surface area contributed by atoms with Gasteiger partial charge in [0.1, 0.15) is 0 Å². The molecule has 0 bridgehead atoms. The molecular weight excluding hydrogens is 282 g/mol. The SMILES string of the molecule is CC.[CH2-]N([CH2-])C(C)C.[W+2]. The summed E-state index contributed by atoms with van der Waals surface area (Å²) in [5, 5.41) is 0. The fourth-order valence-electron chi connectivity index (χ4n) is 0. The van der Waals surface area contributed by atoms with Gasteiger partial charge in [0.15, 0.2) is 0 Å². The van der Waals surface area contributed by atoms with E-state index in [1.54, 1.807) is 4.90 Å². The van der Waals surface area contributed by atoms with Crippen molar-refractivity contribution in [2.45, 2.75) is 33.7 Å². The van der Waals surface area contributed by atoms with E-state index >= 15 is 0 Å². The average molecular weight is 299 g/mol. The van der Waals surface area contributed by atoms with Crippen molar-refractivity contribution in [1.82, 2.24) is 4.90 Å². The van der Waals surface area contributed by atoms with Gasteiger partial charge in [-0.05, 0) is 6.04 Å². The molecule has 0 aromatic heterocycles. The minimum atomic E-state index is 0. The first-order valence-corrected chi connectivity index (χ1v) is 3.05. The topological polar surface area (TPSA) is 3.24 Å². The van der Waals surface area contributed by atoms with Crippen LogP contribution >= 0.6 is 0 Å². The summed E-state index contributed by atoms with van der Waals surface area (Å²) in [5.74, 6) is 0. The Morgan fingerprint density at radius 2 is 1.22 bits per heavy atom. The number of hydrogen-bond acceptors (Lipinski definition) is 1. The van der Waals surface area contributed by atoms with E-state index in [9.17, 15) is 0 Å². The van der Waals surface area contributed by atoms with Gasteiger partial charge in [0.2, 0.25) is 0 Å². The molecule has 0 radical (unpaired) electrons. The van der Waals surface area contributed by atoms with Crippen molar-refractivity contribution in [1.29, 1.82) is 0 Å². The second-order valence-electron chi connectivity index (χ2n) is 1.68. The second kappa shape index (κ2) is 11.4. The third-order valence-electron chi connectivity index (χ3n) is 0.730. The standard InChI is InChI=1S/C5H11N.C2H6.W/c1-5(2)6(3)4;1-2;/h5H,3-4H2,1-2H3;1-2H3;/q-2;;+2. The molecule has 0 aromatic carbocycles. The fourth-order valence-corrected chi connectivity index (χ4v) is 0. The first-order chi connectivity index (χ1) is 3.64. The molecule has 0 saturated carbocycles. The predicted molar refractivity (Wildman–Crippen MR) is 39.0 cm³/mol. The zero-order chi connectivity index (χ0) is 7.15. The van der Waals surface area contributed by atoms with Gasteiger partial charge in [0.05, 0.1) is 0 Å². The molecule has 56 valence electrons. The van der Waals surface area contributed by atoms with E-state index in [4.69, 9.17) is 0 Å². The molecule has 2 heteroatoms. The molecule has 0 unspecified atom stereocenters. The average Bonchev–Trinajstić information content (AvgIpc) is 1.72. The van der Waals surface area contributed by atoms with Crippen molar-refractivity contribution in [3.8, 4) is 0 Å². The van der Waals surface area contributed by atoms with E-state index in [-0.39, 0.29) is 21.1 Å². The first-order valence-electron chi connectivity index (χ1n) is 3.05. The maximum Gasteiger partial charge on any atom is 2.00 e. The second-order valence-corrected chi connectivity index (χ2v) is 1.68. The van der Waals surface area contributed by atoms with Crippen LogP contribution in [0.25, 0.3) is 0 Å². The quantitative estimate of drug-likeness (QED) is 0.672. The summed E-state index contributed by atoms with van der Waals surface area (Å²) in [6, 6.07) is 0.463. The van der Waals surface area contributed by atoms with Crippen LogP contribution in [0.4, 0.5) is 0 Å². The summed E-state index contributed by atoms with van der Waals surface area (Å²) in [5.41, 5.74) is 0. The van der Waals surface area contributed by atoms with Crippen LogP contribution in [-0.4, -0.2) is 10.9 Å². The number of rotatable bonds is 1. The number of hydrogen-bond donors (Lipinski definition) is 0. The molecule has 0 atom stereocenters. The maximum atomic E-state index is 3.56. The first kappa shape index (κ1) is 16.3. The van der Waals surface area contributed by atoms with E-state index in [1.807, 2.05) is 27.7 Å². The van der Waals surface area contributed by atoms with E-state index in [1.165, 1.54) is 0 Å². The van der Waals surface area contributed by atoms with Gasteiger partial charge < -0.3 is 19.0 Å². The molecule has 0 fully saturated rings. The normalized spacial score (nSPS) is 8.00. The third kappa shape index (κ3) is 17.7. The third-order valence-corrected chi connectivity index (χ3v) is 0.730. The molecule has 0 rings (SSSR count). The molecule has 0 aromatic rings. The monoisotopic (exact) mass is 299 g/mol. The fraction of sp³-hybridized carbons (Fsp3) is 0.714. The van der Waals surface area contributed by atoms with Gasteiger partial charge in [0, 0.05) is 0 Å². The summed E-state index contributed by atoms with van der Waals surface area (Å²) in [6.07, 6.45) is 0. The molecule has 0 spiro atoms. The molecular formula is C7H17NW. The Kier molecular flexibility index (Phi) is 20.8. The summed E-state index contributed by atoms with van der Waals surface area (Å²) in [7, 11) is 7.12. The summed E-state index contributed by atoms with van der Waals surface area (Å²) < 4.78 is 0. The Morgan fingerprint density at radius 1 is 1.11 bits per heavy atom. The minimum Gasteiger partial charge on any atom is -0.608 e. The smallest absolute Gasteiger partial charge is 0.608 e. The van der Waals surface area contributed by atoms with Crippen LogP contribution in [0.3, 0.4) is 0 Å². The van der Waals surface area contributed by atoms with Gasteiger partial charge in [-0.2, -0.15) is 0 Å². The Morgan fingerprint density at radius 3 is 1.22 bits per heavy atom. The van der Waals surface area contributed by atoms with E-state index in [2.05, 4.69) is 14.1 Å². The van der Waals surface area contributed by atoms with Gasteiger partial charge in [-0.15, -0.1) is 0 Å². The van der Waals surface area contributed by atoms with Crippen molar-refractivity contribution in [3.05, 3.63) is 14.1 Å². The molecule has 1 nitrogen and oxygen atoms in total. The van der Waals surface area contributed by atoms with Crippen molar-refractivity contribution >= 4 is 0 Å². The molecule has 0 N–H and O–H groups in total. The van der Waals surface area contributed by atoms with E-state index < -0.39 is 0 Å². The molecule has 0 aliphatic carbocycles. The van der Waals surface area contributed by atoms with Crippen LogP contribution in [0.1, 0.15) is 27.7 Å². The summed E-state index contributed by atoms with van der Waals surface area (Å²) in [4.78, 5) is 1.67. The Hall–Kier alpha value is 0.648. The van der Waals surface area contributed by atoms with Gasteiger partial charge in [-0.25, -0.2) is 0 Å². The van der Waals surface area contributed by atoms with E-state index in [0.29, 0.717) is 6.04 Å². The molecule has 0 saturated heterocycles. The molecule has 0 aliphatic heterocycles. The number of nitrogens with zero attached hydrogens (tertiary/aromatic N) is 1. The van der Waals surface area contributed by atoms with Crippen LogP contribution in [0.2, 0.25) is 0 Å². The van der Waals surface area contributed by atoms with Gasteiger partial charge in [-0.3, -0.25) is 0 Å². The Labute approximate surface area is 74.1 Å². The van der Waals surface area contributed by atoms with E-state index in [0.717, 1.165) is 0 Å². The minimum absolute atomic E-state index is 0. The van der Waals surface area contributed by atoms with Gasteiger partial charge in [0.25, 0.3) is 0 Å². The Bertz CT molecular complexity index is 29.9. The van der Waals surface area contributed by atoms with Gasteiger partial charge in [-0.1, -0.05) is 27.7 Å². The van der Waals surface area contributed by atoms with Crippen molar-refractivity contribution < 1.29 is 21.1 Å². The Balaban J connectivity index is -0.000000109. The summed E-state index contributed by atoms with van der Waals surface area (Å²) in [6.45, 7) is 8.08. The van der Waals surface area contributed by atoms with Crippen LogP contribution in [0, 0.1) is 14.1 Å². The zero-order valence-electron chi connectivity index (χ0n) is 6.85. The van der Waals surface area contributed by atoms with Crippen LogP contribution in [-0.2, 0) is 21.1 Å². The van der Waals surface area contributed by atoms with Crippen molar-refractivity contribution in [3.63, 3.8) is 0 Å². The molecule has 0 heterocycles.